The van der Waals surface area contributed by atoms with E-state index in [1.807, 2.05) is 12.1 Å². The van der Waals surface area contributed by atoms with Gasteiger partial charge >= 0.3 is 0 Å². The summed E-state index contributed by atoms with van der Waals surface area (Å²) in [6.45, 7) is 7.31. The van der Waals surface area contributed by atoms with Crippen molar-refractivity contribution in [3.63, 3.8) is 0 Å². The van der Waals surface area contributed by atoms with Gasteiger partial charge in [-0.3, -0.25) is 4.79 Å². The van der Waals surface area contributed by atoms with Gasteiger partial charge in [-0.05, 0) is 68.7 Å². The Kier molecular flexibility index (Phi) is 7.97. The smallest absolute Gasteiger partial charge is 0.243 e. The summed E-state index contributed by atoms with van der Waals surface area (Å²) < 4.78 is 27.0. The Morgan fingerprint density at radius 2 is 1.61 bits per heavy atom. The number of piperidine rings is 1. The predicted octanol–water partition coefficient (Wildman–Crippen LogP) is 3.90. The van der Waals surface area contributed by atoms with E-state index in [-0.39, 0.29) is 16.7 Å². The molecule has 0 spiro atoms. The highest BCUT2D eigenvalue weighted by molar-refractivity contribution is 7.89. The first-order chi connectivity index (χ1) is 14.8. The molecule has 0 aromatic heterocycles. The summed E-state index contributed by atoms with van der Waals surface area (Å²) in [6.07, 6.45) is 1.03. The van der Waals surface area contributed by atoms with Gasteiger partial charge < -0.3 is 10.2 Å². The number of hydrogen-bond acceptors (Lipinski definition) is 4. The molecular weight excluding hydrogens is 434 g/mol. The molecule has 1 saturated heterocycles. The van der Waals surface area contributed by atoms with Crippen molar-refractivity contribution in [2.75, 3.05) is 31.1 Å². The third kappa shape index (κ3) is 5.79. The number of nitrogens with one attached hydrogen (secondary N) is 1. The highest BCUT2D eigenvalue weighted by Crippen LogP contribution is 2.25. The lowest BCUT2D eigenvalue weighted by Crippen LogP contribution is -2.42. The molecule has 2 aromatic carbocycles. The van der Waals surface area contributed by atoms with E-state index in [0.29, 0.717) is 37.5 Å². The quantitative estimate of drug-likeness (QED) is 0.644. The number of halogens is 1. The molecule has 3 rings (SSSR count). The molecule has 0 atom stereocenters. The minimum Gasteiger partial charge on any atom is -0.372 e. The number of amides is 1. The third-order valence-electron chi connectivity index (χ3n) is 5.81. The van der Waals surface area contributed by atoms with Crippen LogP contribution in [0.2, 0.25) is 5.02 Å². The second-order valence-corrected chi connectivity index (χ2v) is 10.1. The van der Waals surface area contributed by atoms with Crippen molar-refractivity contribution in [2.24, 2.45) is 5.92 Å². The maximum absolute atomic E-state index is 12.8. The Labute approximate surface area is 190 Å². The average Bonchev–Trinajstić information content (AvgIpc) is 2.79. The van der Waals surface area contributed by atoms with Crippen LogP contribution in [0.3, 0.4) is 0 Å². The van der Waals surface area contributed by atoms with E-state index < -0.39 is 10.0 Å². The fraction of sp³-hybridized carbons (Fsp3) is 0.435. The molecule has 1 aliphatic rings. The fourth-order valence-electron chi connectivity index (χ4n) is 3.86. The van der Waals surface area contributed by atoms with Crippen molar-refractivity contribution < 1.29 is 13.2 Å². The van der Waals surface area contributed by atoms with Crippen molar-refractivity contribution in [3.8, 4) is 0 Å². The van der Waals surface area contributed by atoms with E-state index in [0.717, 1.165) is 18.7 Å². The van der Waals surface area contributed by atoms with Gasteiger partial charge in [0.2, 0.25) is 15.9 Å². The summed E-state index contributed by atoms with van der Waals surface area (Å²) in [5.74, 6) is -0.192. The number of benzene rings is 2. The molecule has 1 N–H and O–H groups in total. The number of rotatable bonds is 8. The second-order valence-electron chi connectivity index (χ2n) is 7.69. The minimum absolute atomic E-state index is 0.0173. The molecule has 0 aliphatic carbocycles. The summed E-state index contributed by atoms with van der Waals surface area (Å²) in [4.78, 5) is 15.1. The van der Waals surface area contributed by atoms with Crippen LogP contribution in [-0.4, -0.2) is 44.8 Å². The molecule has 0 radical (unpaired) electrons. The largest absolute Gasteiger partial charge is 0.372 e. The lowest BCUT2D eigenvalue weighted by Gasteiger charge is -2.30. The van der Waals surface area contributed by atoms with Crippen LogP contribution in [0.15, 0.2) is 53.4 Å². The first-order valence-electron chi connectivity index (χ1n) is 10.7. The van der Waals surface area contributed by atoms with Crippen molar-refractivity contribution >= 4 is 33.2 Å². The zero-order chi connectivity index (χ0) is 22.4. The number of anilines is 1. The van der Waals surface area contributed by atoms with Crippen LogP contribution in [0.25, 0.3) is 0 Å². The summed E-state index contributed by atoms with van der Waals surface area (Å²) in [5, 5.41) is 3.50. The molecule has 1 fully saturated rings. The van der Waals surface area contributed by atoms with Crippen LogP contribution in [-0.2, 0) is 21.4 Å². The summed E-state index contributed by atoms with van der Waals surface area (Å²) in [6, 6.07) is 14.4. The van der Waals surface area contributed by atoms with E-state index >= 15 is 0 Å². The zero-order valence-electron chi connectivity index (χ0n) is 18.1. The second kappa shape index (κ2) is 10.5. The van der Waals surface area contributed by atoms with Crippen molar-refractivity contribution in [1.29, 1.82) is 0 Å². The first-order valence-corrected chi connectivity index (χ1v) is 12.5. The molecule has 0 bridgehead atoms. The number of nitrogens with zero attached hydrogens (tertiary/aromatic N) is 2. The lowest BCUT2D eigenvalue weighted by atomic mass is 9.97. The first kappa shape index (κ1) is 23.6. The number of carbonyl (C=O) groups excluding carboxylic acids is 1. The van der Waals surface area contributed by atoms with E-state index in [9.17, 15) is 13.2 Å². The molecule has 6 nitrogen and oxygen atoms in total. The zero-order valence-corrected chi connectivity index (χ0v) is 19.6. The third-order valence-corrected chi connectivity index (χ3v) is 7.97. The van der Waals surface area contributed by atoms with Gasteiger partial charge in [0.05, 0.1) is 4.90 Å². The van der Waals surface area contributed by atoms with E-state index in [1.54, 1.807) is 12.1 Å². The molecular formula is C23H30ClN3O3S. The summed E-state index contributed by atoms with van der Waals surface area (Å²) in [7, 11) is -3.56. The SMILES string of the molecule is CCN(CC)c1ccc(CNC(=O)C2CCN(S(=O)(=O)c3ccc(Cl)cc3)CC2)cc1. The van der Waals surface area contributed by atoms with Gasteiger partial charge in [-0.1, -0.05) is 23.7 Å². The van der Waals surface area contributed by atoms with Crippen molar-refractivity contribution in [2.45, 2.75) is 38.1 Å². The summed E-state index contributed by atoms with van der Waals surface area (Å²) >= 11 is 5.86. The Morgan fingerprint density at radius 3 is 2.16 bits per heavy atom. The maximum Gasteiger partial charge on any atom is 0.243 e. The number of hydrogen-bond donors (Lipinski definition) is 1. The van der Waals surface area contributed by atoms with Crippen LogP contribution in [0, 0.1) is 5.92 Å². The van der Waals surface area contributed by atoms with Gasteiger partial charge in [0.25, 0.3) is 0 Å². The van der Waals surface area contributed by atoms with Gasteiger partial charge in [0.15, 0.2) is 0 Å². The molecule has 1 heterocycles. The van der Waals surface area contributed by atoms with Crippen LogP contribution in [0.5, 0.6) is 0 Å². The molecule has 1 amide bonds. The van der Waals surface area contributed by atoms with Crippen molar-refractivity contribution in [3.05, 3.63) is 59.1 Å². The monoisotopic (exact) mass is 463 g/mol. The Balaban J connectivity index is 1.50. The number of sulfonamides is 1. The Morgan fingerprint density at radius 1 is 1.03 bits per heavy atom. The van der Waals surface area contributed by atoms with E-state index in [1.165, 1.54) is 22.1 Å². The summed E-state index contributed by atoms with van der Waals surface area (Å²) in [5.41, 5.74) is 2.22. The van der Waals surface area contributed by atoms with Crippen molar-refractivity contribution in [1.82, 2.24) is 9.62 Å². The molecule has 31 heavy (non-hydrogen) atoms. The van der Waals surface area contributed by atoms with Crippen LogP contribution < -0.4 is 10.2 Å². The van der Waals surface area contributed by atoms with Gasteiger partial charge in [-0.25, -0.2) is 8.42 Å². The van der Waals surface area contributed by atoms with Crippen LogP contribution in [0.1, 0.15) is 32.3 Å². The Hall–Kier alpha value is -2.09. The van der Waals surface area contributed by atoms with Crippen LogP contribution in [0.4, 0.5) is 5.69 Å². The molecule has 8 heteroatoms. The average molecular weight is 464 g/mol. The normalized spacial score (nSPS) is 15.6. The standard InChI is InChI=1S/C23H30ClN3O3S/c1-3-26(4-2)21-9-5-18(6-10-21)17-25-23(28)19-13-15-27(16-14-19)31(29,30)22-11-7-20(24)8-12-22/h5-12,19H,3-4,13-17H2,1-2H3,(H,25,28). The highest BCUT2D eigenvalue weighted by Gasteiger charge is 2.32. The predicted molar refractivity (Wildman–Crippen MR) is 125 cm³/mol. The molecule has 1 aliphatic heterocycles. The lowest BCUT2D eigenvalue weighted by molar-refractivity contribution is -0.126. The highest BCUT2D eigenvalue weighted by atomic mass is 35.5. The Bertz CT molecular complexity index is 966. The number of carbonyl (C=O) groups is 1. The molecule has 168 valence electrons. The molecule has 2 aromatic rings. The van der Waals surface area contributed by atoms with Crippen LogP contribution >= 0.6 is 11.6 Å². The minimum atomic E-state index is -3.56. The van der Waals surface area contributed by atoms with Gasteiger partial charge in [0.1, 0.15) is 0 Å². The fourth-order valence-corrected chi connectivity index (χ4v) is 5.46. The van der Waals surface area contributed by atoms with Gasteiger partial charge in [0, 0.05) is 49.4 Å². The molecule has 0 saturated carbocycles. The van der Waals surface area contributed by atoms with E-state index in [2.05, 4.69) is 36.2 Å². The van der Waals surface area contributed by atoms with Gasteiger partial charge in [-0.15, -0.1) is 0 Å². The van der Waals surface area contributed by atoms with E-state index in [4.69, 9.17) is 11.6 Å². The topological polar surface area (TPSA) is 69.7 Å². The van der Waals surface area contributed by atoms with Gasteiger partial charge in [-0.2, -0.15) is 4.31 Å². The molecule has 0 unspecified atom stereocenters. The maximum atomic E-state index is 12.8.